The summed E-state index contributed by atoms with van der Waals surface area (Å²) in [5.41, 5.74) is 4.11. The summed E-state index contributed by atoms with van der Waals surface area (Å²) in [4.78, 5) is 0. The van der Waals surface area contributed by atoms with Crippen LogP contribution in [0.4, 0.5) is 0 Å². The molecule has 1 N–H and O–H groups in total. The predicted octanol–water partition coefficient (Wildman–Crippen LogP) is 2.10. The number of nitrogens with one attached hydrogen (secondary N) is 1. The van der Waals surface area contributed by atoms with Crippen molar-refractivity contribution >= 4 is 0 Å². The predicted molar refractivity (Wildman–Crippen MR) is 55.9 cm³/mol. The molecule has 0 bridgehead atoms. The topological polar surface area (TPSA) is 35.8 Å². The number of nitriles is 1. The highest BCUT2D eigenvalue weighted by molar-refractivity contribution is 5.38. The van der Waals surface area contributed by atoms with Gasteiger partial charge in [-0.25, -0.2) is 0 Å². The molecule has 1 atom stereocenters. The lowest BCUT2D eigenvalue weighted by atomic mass is 9.90. The molecule has 1 aliphatic heterocycles. The summed E-state index contributed by atoms with van der Waals surface area (Å²) >= 11 is 0. The van der Waals surface area contributed by atoms with E-state index in [9.17, 15) is 0 Å². The van der Waals surface area contributed by atoms with E-state index in [2.05, 4.69) is 36.5 Å². The summed E-state index contributed by atoms with van der Waals surface area (Å²) in [6.45, 7) is 3.14. The van der Waals surface area contributed by atoms with E-state index in [1.54, 1.807) is 0 Å². The number of benzene rings is 1. The Morgan fingerprint density at radius 1 is 1.57 bits per heavy atom. The molecular weight excluding hydrogens is 172 g/mol. The fourth-order valence-electron chi connectivity index (χ4n) is 2.15. The van der Waals surface area contributed by atoms with Crippen LogP contribution in [0.1, 0.15) is 29.2 Å². The second kappa shape index (κ2) is 3.81. The number of hydrogen-bond acceptors (Lipinski definition) is 2. The van der Waals surface area contributed by atoms with Crippen LogP contribution in [-0.4, -0.2) is 6.54 Å². The van der Waals surface area contributed by atoms with E-state index in [0.717, 1.165) is 13.0 Å². The van der Waals surface area contributed by atoms with Crippen LogP contribution >= 0.6 is 0 Å². The van der Waals surface area contributed by atoms with Crippen molar-refractivity contribution < 1.29 is 0 Å². The lowest BCUT2D eigenvalue weighted by molar-refractivity contribution is 0.511. The van der Waals surface area contributed by atoms with Gasteiger partial charge in [-0.15, -0.1) is 0 Å². The molecule has 2 heteroatoms. The molecule has 0 aromatic heterocycles. The maximum Gasteiger partial charge on any atom is 0.0641 e. The van der Waals surface area contributed by atoms with Gasteiger partial charge < -0.3 is 5.32 Å². The second-order valence-electron chi connectivity index (χ2n) is 3.76. The van der Waals surface area contributed by atoms with Gasteiger partial charge in [-0.3, -0.25) is 0 Å². The van der Waals surface area contributed by atoms with Crippen LogP contribution in [0.5, 0.6) is 0 Å². The van der Waals surface area contributed by atoms with E-state index in [1.807, 2.05) is 0 Å². The number of hydrogen-bond donors (Lipinski definition) is 1. The Morgan fingerprint density at radius 2 is 2.43 bits per heavy atom. The minimum atomic E-state index is 0.239. The first-order valence-corrected chi connectivity index (χ1v) is 5.01. The van der Waals surface area contributed by atoms with Crippen molar-refractivity contribution in [1.29, 1.82) is 5.26 Å². The number of fused-ring (bicyclic) bond motifs is 1. The van der Waals surface area contributed by atoms with Crippen LogP contribution in [0.3, 0.4) is 0 Å². The Bertz CT molecular complexity index is 376. The van der Waals surface area contributed by atoms with Crippen molar-refractivity contribution in [3.05, 3.63) is 34.9 Å². The van der Waals surface area contributed by atoms with E-state index >= 15 is 0 Å². The van der Waals surface area contributed by atoms with Gasteiger partial charge in [0.2, 0.25) is 0 Å². The first kappa shape index (κ1) is 9.23. The summed E-state index contributed by atoms with van der Waals surface area (Å²) in [7, 11) is 0. The molecule has 0 saturated heterocycles. The Kier molecular flexibility index (Phi) is 2.51. The average Bonchev–Trinajstić information content (AvgIpc) is 2.20. The van der Waals surface area contributed by atoms with Crippen LogP contribution in [0.2, 0.25) is 0 Å². The molecule has 0 radical (unpaired) electrons. The van der Waals surface area contributed by atoms with Crippen LogP contribution in [0, 0.1) is 18.3 Å². The SMILES string of the molecule is Cc1cccc2c1CCNC2CC#N. The second-order valence-corrected chi connectivity index (χ2v) is 3.76. The van der Waals surface area contributed by atoms with E-state index in [0.29, 0.717) is 6.42 Å². The molecule has 0 spiro atoms. The maximum atomic E-state index is 8.72. The van der Waals surface area contributed by atoms with Gasteiger partial charge in [0.25, 0.3) is 0 Å². The van der Waals surface area contributed by atoms with Crippen LogP contribution < -0.4 is 5.32 Å². The Hall–Kier alpha value is -1.33. The zero-order valence-corrected chi connectivity index (χ0v) is 8.38. The van der Waals surface area contributed by atoms with E-state index < -0.39 is 0 Å². The third-order valence-electron chi connectivity index (χ3n) is 2.88. The standard InChI is InChI=1S/C12H14N2/c1-9-3-2-4-11-10(9)6-8-14-12(11)5-7-13/h2-4,12,14H,5-6,8H2,1H3. The molecule has 2 nitrogen and oxygen atoms in total. The highest BCUT2D eigenvalue weighted by atomic mass is 14.9. The summed E-state index contributed by atoms with van der Waals surface area (Å²) in [6.07, 6.45) is 1.65. The molecule has 72 valence electrons. The van der Waals surface area contributed by atoms with Gasteiger partial charge in [0.15, 0.2) is 0 Å². The van der Waals surface area contributed by atoms with E-state index in [4.69, 9.17) is 5.26 Å². The van der Waals surface area contributed by atoms with Gasteiger partial charge in [-0.05, 0) is 36.6 Å². The molecule has 1 aliphatic rings. The van der Waals surface area contributed by atoms with E-state index in [1.165, 1.54) is 16.7 Å². The van der Waals surface area contributed by atoms with Crippen LogP contribution in [0.15, 0.2) is 18.2 Å². The zero-order valence-electron chi connectivity index (χ0n) is 8.38. The van der Waals surface area contributed by atoms with Gasteiger partial charge in [-0.2, -0.15) is 5.26 Å². The zero-order chi connectivity index (χ0) is 9.97. The van der Waals surface area contributed by atoms with E-state index in [-0.39, 0.29) is 6.04 Å². The fourth-order valence-corrected chi connectivity index (χ4v) is 2.15. The van der Waals surface area contributed by atoms with Gasteiger partial charge in [-0.1, -0.05) is 18.2 Å². The van der Waals surface area contributed by atoms with Crippen molar-refractivity contribution in [3.8, 4) is 6.07 Å². The van der Waals surface area contributed by atoms with Crippen molar-refractivity contribution in [1.82, 2.24) is 5.32 Å². The first-order chi connectivity index (χ1) is 6.83. The van der Waals surface area contributed by atoms with Crippen LogP contribution in [-0.2, 0) is 6.42 Å². The smallest absolute Gasteiger partial charge is 0.0641 e. The fraction of sp³-hybridized carbons (Fsp3) is 0.417. The minimum Gasteiger partial charge on any atom is -0.309 e. The largest absolute Gasteiger partial charge is 0.309 e. The number of rotatable bonds is 1. The quantitative estimate of drug-likeness (QED) is 0.729. The lowest BCUT2D eigenvalue weighted by Crippen LogP contribution is -2.30. The van der Waals surface area contributed by atoms with Gasteiger partial charge in [0, 0.05) is 6.04 Å². The minimum absolute atomic E-state index is 0.239. The molecule has 1 aromatic rings. The Balaban J connectivity index is 2.40. The molecule has 0 amide bonds. The molecule has 0 fully saturated rings. The first-order valence-electron chi connectivity index (χ1n) is 5.01. The number of aryl methyl sites for hydroxylation is 1. The molecular formula is C12H14N2. The Labute approximate surface area is 84.6 Å². The number of nitrogens with zero attached hydrogens (tertiary/aromatic N) is 1. The average molecular weight is 186 g/mol. The highest BCUT2D eigenvalue weighted by Gasteiger charge is 2.19. The molecule has 1 heterocycles. The summed E-state index contributed by atoms with van der Waals surface area (Å²) < 4.78 is 0. The van der Waals surface area contributed by atoms with Crippen molar-refractivity contribution in [3.63, 3.8) is 0 Å². The van der Waals surface area contributed by atoms with Gasteiger partial charge in [0.05, 0.1) is 12.5 Å². The van der Waals surface area contributed by atoms with Crippen molar-refractivity contribution in [2.75, 3.05) is 6.54 Å². The lowest BCUT2D eigenvalue weighted by Gasteiger charge is -2.26. The molecule has 1 aromatic carbocycles. The third kappa shape index (κ3) is 1.51. The Morgan fingerprint density at radius 3 is 3.21 bits per heavy atom. The summed E-state index contributed by atoms with van der Waals surface area (Å²) in [5, 5.41) is 12.1. The third-order valence-corrected chi connectivity index (χ3v) is 2.88. The molecule has 2 rings (SSSR count). The molecule has 0 saturated carbocycles. The normalized spacial score (nSPS) is 19.9. The highest BCUT2D eigenvalue weighted by Crippen LogP contribution is 2.26. The molecule has 14 heavy (non-hydrogen) atoms. The monoisotopic (exact) mass is 186 g/mol. The summed E-state index contributed by atoms with van der Waals surface area (Å²) in [5.74, 6) is 0. The van der Waals surface area contributed by atoms with Crippen molar-refractivity contribution in [2.24, 2.45) is 0 Å². The van der Waals surface area contributed by atoms with Gasteiger partial charge in [0.1, 0.15) is 0 Å². The molecule has 0 aliphatic carbocycles. The maximum absolute atomic E-state index is 8.72. The molecule has 1 unspecified atom stereocenters. The van der Waals surface area contributed by atoms with Crippen molar-refractivity contribution in [2.45, 2.75) is 25.8 Å². The van der Waals surface area contributed by atoms with Crippen LogP contribution in [0.25, 0.3) is 0 Å². The summed E-state index contributed by atoms with van der Waals surface area (Å²) in [6, 6.07) is 8.83. The van der Waals surface area contributed by atoms with Gasteiger partial charge >= 0.3 is 0 Å².